The molecular weight excluding hydrogens is 348 g/mol. The first-order valence-electron chi connectivity index (χ1n) is 10.2. The Morgan fingerprint density at radius 2 is 1.61 bits per heavy atom. The number of nitrogens with zero attached hydrogens (tertiary/aromatic N) is 2. The molecule has 2 aromatic carbocycles. The maximum absolute atomic E-state index is 5.55. The quantitative estimate of drug-likeness (QED) is 0.571. The third-order valence-corrected chi connectivity index (χ3v) is 5.09. The number of nitrogens with one attached hydrogen (secondary N) is 2. The number of morpholine rings is 1. The molecule has 5 heteroatoms. The SMILES string of the molecule is CCNC(=NCC(c1ccccc1)N1CCOCC1)NC(C)c1ccccc1. The zero-order valence-electron chi connectivity index (χ0n) is 17.0. The van der Waals surface area contributed by atoms with Crippen LogP contribution >= 0.6 is 0 Å². The molecule has 0 aromatic heterocycles. The maximum atomic E-state index is 5.55. The lowest BCUT2D eigenvalue weighted by atomic mass is 10.0. The first kappa shape index (κ1) is 20.4. The van der Waals surface area contributed by atoms with Crippen molar-refractivity contribution < 1.29 is 4.74 Å². The molecule has 0 amide bonds. The first-order valence-corrected chi connectivity index (χ1v) is 10.2. The summed E-state index contributed by atoms with van der Waals surface area (Å²) >= 11 is 0. The monoisotopic (exact) mass is 380 g/mol. The predicted molar refractivity (Wildman–Crippen MR) is 116 cm³/mol. The highest BCUT2D eigenvalue weighted by atomic mass is 16.5. The van der Waals surface area contributed by atoms with E-state index < -0.39 is 0 Å². The van der Waals surface area contributed by atoms with Crippen LogP contribution in [0.1, 0.15) is 37.1 Å². The molecule has 0 saturated carbocycles. The zero-order chi connectivity index (χ0) is 19.6. The number of ether oxygens (including phenoxy) is 1. The Balaban J connectivity index is 1.73. The smallest absolute Gasteiger partial charge is 0.191 e. The van der Waals surface area contributed by atoms with E-state index in [-0.39, 0.29) is 12.1 Å². The zero-order valence-corrected chi connectivity index (χ0v) is 17.0. The van der Waals surface area contributed by atoms with E-state index in [9.17, 15) is 0 Å². The van der Waals surface area contributed by atoms with E-state index in [4.69, 9.17) is 9.73 Å². The molecule has 1 fully saturated rings. The molecule has 0 aliphatic carbocycles. The Kier molecular flexibility index (Phi) is 7.88. The summed E-state index contributed by atoms with van der Waals surface area (Å²) in [6.07, 6.45) is 0. The van der Waals surface area contributed by atoms with Crippen molar-refractivity contribution in [3.05, 3.63) is 71.8 Å². The maximum Gasteiger partial charge on any atom is 0.191 e. The van der Waals surface area contributed by atoms with Gasteiger partial charge < -0.3 is 15.4 Å². The fourth-order valence-electron chi connectivity index (χ4n) is 3.52. The molecule has 2 N–H and O–H groups in total. The van der Waals surface area contributed by atoms with Crippen LogP contribution in [0.5, 0.6) is 0 Å². The average Bonchev–Trinajstić information content (AvgIpc) is 2.76. The number of benzene rings is 2. The van der Waals surface area contributed by atoms with E-state index in [1.165, 1.54) is 11.1 Å². The molecule has 1 saturated heterocycles. The summed E-state index contributed by atoms with van der Waals surface area (Å²) in [5.41, 5.74) is 2.56. The fraction of sp³-hybridized carbons (Fsp3) is 0.435. The van der Waals surface area contributed by atoms with Crippen molar-refractivity contribution in [1.82, 2.24) is 15.5 Å². The van der Waals surface area contributed by atoms with Crippen LogP contribution in [0.2, 0.25) is 0 Å². The van der Waals surface area contributed by atoms with Crippen molar-refractivity contribution in [2.45, 2.75) is 25.9 Å². The highest BCUT2D eigenvalue weighted by Gasteiger charge is 2.22. The number of guanidine groups is 1. The molecule has 150 valence electrons. The molecule has 2 aromatic rings. The second-order valence-electron chi connectivity index (χ2n) is 7.07. The van der Waals surface area contributed by atoms with E-state index in [1.807, 2.05) is 6.07 Å². The van der Waals surface area contributed by atoms with Gasteiger partial charge in [-0.15, -0.1) is 0 Å². The van der Waals surface area contributed by atoms with Crippen molar-refractivity contribution in [2.75, 3.05) is 39.4 Å². The molecule has 0 spiro atoms. The first-order chi connectivity index (χ1) is 13.8. The van der Waals surface area contributed by atoms with Crippen LogP contribution in [-0.4, -0.2) is 50.3 Å². The molecule has 3 rings (SSSR count). The van der Waals surface area contributed by atoms with Gasteiger partial charge in [-0.25, -0.2) is 0 Å². The minimum atomic E-state index is 0.192. The Morgan fingerprint density at radius 3 is 2.21 bits per heavy atom. The van der Waals surface area contributed by atoms with Gasteiger partial charge in [-0.2, -0.15) is 0 Å². The van der Waals surface area contributed by atoms with Crippen LogP contribution in [0.25, 0.3) is 0 Å². The number of hydrogen-bond acceptors (Lipinski definition) is 3. The molecule has 5 nitrogen and oxygen atoms in total. The van der Waals surface area contributed by atoms with E-state index >= 15 is 0 Å². The van der Waals surface area contributed by atoms with Gasteiger partial charge in [0.2, 0.25) is 0 Å². The molecular formula is C23H32N4O. The van der Waals surface area contributed by atoms with Gasteiger partial charge in [0.05, 0.1) is 31.8 Å². The van der Waals surface area contributed by atoms with Crippen LogP contribution in [0.3, 0.4) is 0 Å². The fourth-order valence-corrected chi connectivity index (χ4v) is 3.52. The van der Waals surface area contributed by atoms with Gasteiger partial charge in [0.1, 0.15) is 0 Å². The lowest BCUT2D eigenvalue weighted by Gasteiger charge is -2.34. The topological polar surface area (TPSA) is 48.9 Å². The number of rotatable bonds is 7. The summed E-state index contributed by atoms with van der Waals surface area (Å²) < 4.78 is 5.55. The normalized spacial score (nSPS) is 17.7. The minimum Gasteiger partial charge on any atom is -0.379 e. The van der Waals surface area contributed by atoms with Crippen LogP contribution in [0.15, 0.2) is 65.7 Å². The van der Waals surface area contributed by atoms with Crippen LogP contribution in [-0.2, 0) is 4.74 Å². The summed E-state index contributed by atoms with van der Waals surface area (Å²) in [5, 5.41) is 6.93. The van der Waals surface area contributed by atoms with E-state index in [0.717, 1.165) is 38.8 Å². The standard InChI is InChI=1S/C23H32N4O/c1-3-24-23(26-19(2)20-10-6-4-7-11-20)25-18-22(21-12-8-5-9-13-21)27-14-16-28-17-15-27/h4-13,19,22H,3,14-18H2,1-2H3,(H2,24,25,26). The Morgan fingerprint density at radius 1 is 1.00 bits per heavy atom. The number of aliphatic imine (C=N–C) groups is 1. The molecule has 2 unspecified atom stereocenters. The van der Waals surface area contributed by atoms with Gasteiger partial charge in [0, 0.05) is 19.6 Å². The van der Waals surface area contributed by atoms with E-state index in [2.05, 4.69) is 84.0 Å². The van der Waals surface area contributed by atoms with Gasteiger partial charge in [0.25, 0.3) is 0 Å². The molecule has 1 aliphatic heterocycles. The molecule has 28 heavy (non-hydrogen) atoms. The van der Waals surface area contributed by atoms with Crippen LogP contribution < -0.4 is 10.6 Å². The van der Waals surface area contributed by atoms with Crippen molar-refractivity contribution in [3.63, 3.8) is 0 Å². The average molecular weight is 381 g/mol. The summed E-state index contributed by atoms with van der Waals surface area (Å²) in [6.45, 7) is 9.27. The van der Waals surface area contributed by atoms with Crippen molar-refractivity contribution in [2.24, 2.45) is 4.99 Å². The Bertz CT molecular complexity index is 714. The third kappa shape index (κ3) is 5.81. The van der Waals surface area contributed by atoms with Crippen molar-refractivity contribution >= 4 is 5.96 Å². The van der Waals surface area contributed by atoms with Crippen LogP contribution in [0.4, 0.5) is 0 Å². The van der Waals surface area contributed by atoms with Gasteiger partial charge in [-0.05, 0) is 25.0 Å². The van der Waals surface area contributed by atoms with E-state index in [1.54, 1.807) is 0 Å². The lowest BCUT2D eigenvalue weighted by molar-refractivity contribution is 0.0179. The summed E-state index contributed by atoms with van der Waals surface area (Å²) in [7, 11) is 0. The second kappa shape index (κ2) is 10.8. The lowest BCUT2D eigenvalue weighted by Crippen LogP contribution is -2.42. The van der Waals surface area contributed by atoms with Crippen LogP contribution in [0, 0.1) is 0 Å². The summed E-state index contributed by atoms with van der Waals surface area (Å²) in [6, 6.07) is 21.6. The largest absolute Gasteiger partial charge is 0.379 e. The molecule has 0 bridgehead atoms. The molecule has 2 atom stereocenters. The highest BCUT2D eigenvalue weighted by Crippen LogP contribution is 2.22. The van der Waals surface area contributed by atoms with E-state index in [0.29, 0.717) is 6.54 Å². The van der Waals surface area contributed by atoms with Gasteiger partial charge in [-0.3, -0.25) is 9.89 Å². The van der Waals surface area contributed by atoms with Gasteiger partial charge in [-0.1, -0.05) is 60.7 Å². The second-order valence-corrected chi connectivity index (χ2v) is 7.07. The Labute approximate surface area is 168 Å². The predicted octanol–water partition coefficient (Wildman–Crippen LogP) is 3.38. The van der Waals surface area contributed by atoms with Gasteiger partial charge >= 0.3 is 0 Å². The molecule has 0 radical (unpaired) electrons. The Hall–Kier alpha value is -2.37. The summed E-state index contributed by atoms with van der Waals surface area (Å²) in [4.78, 5) is 7.42. The third-order valence-electron chi connectivity index (χ3n) is 5.09. The van der Waals surface area contributed by atoms with Crippen molar-refractivity contribution in [1.29, 1.82) is 0 Å². The minimum absolute atomic E-state index is 0.192. The highest BCUT2D eigenvalue weighted by molar-refractivity contribution is 5.80. The van der Waals surface area contributed by atoms with Crippen molar-refractivity contribution in [3.8, 4) is 0 Å². The summed E-state index contributed by atoms with van der Waals surface area (Å²) in [5.74, 6) is 0.855. The molecule has 1 aliphatic rings. The molecule has 1 heterocycles. The number of hydrogen-bond donors (Lipinski definition) is 2. The van der Waals surface area contributed by atoms with Gasteiger partial charge in [0.15, 0.2) is 5.96 Å².